The van der Waals surface area contributed by atoms with E-state index in [9.17, 15) is 4.79 Å². The number of hydrogen-bond acceptors (Lipinski definition) is 5. The number of nitrogens with zero attached hydrogens (tertiary/aromatic N) is 2. The molecule has 2 heterocycles. The van der Waals surface area contributed by atoms with Crippen LogP contribution in [0.25, 0.3) is 0 Å². The maximum atomic E-state index is 11.3. The molecular weight excluding hydrogens is 212 g/mol. The second-order valence-electron chi connectivity index (χ2n) is 3.38. The van der Waals surface area contributed by atoms with Gasteiger partial charge in [-0.2, -0.15) is 0 Å². The van der Waals surface area contributed by atoms with Gasteiger partial charge >= 0.3 is 5.97 Å². The first-order valence-electron chi connectivity index (χ1n) is 5.14. The van der Waals surface area contributed by atoms with Crippen LogP contribution in [0.2, 0.25) is 0 Å². The fourth-order valence-corrected chi connectivity index (χ4v) is 2.59. The highest BCUT2D eigenvalue weighted by Gasteiger charge is 2.26. The lowest BCUT2D eigenvalue weighted by molar-refractivity contribution is -0.142. The Morgan fingerprint density at radius 3 is 3.40 bits per heavy atom. The van der Waals surface area contributed by atoms with Gasteiger partial charge < -0.3 is 9.64 Å². The SMILES string of the molecule is CCOC(=O)CC1=CSC2=NCCCN12. The molecule has 82 valence electrons. The first kappa shape index (κ1) is 10.5. The average molecular weight is 226 g/mol. The maximum absolute atomic E-state index is 11.3. The molecule has 0 N–H and O–H groups in total. The first-order valence-corrected chi connectivity index (χ1v) is 6.02. The van der Waals surface area contributed by atoms with Gasteiger partial charge in [-0.25, -0.2) is 0 Å². The predicted octanol–water partition coefficient (Wildman–Crippen LogP) is 1.59. The lowest BCUT2D eigenvalue weighted by atomic mass is 10.2. The minimum Gasteiger partial charge on any atom is -0.466 e. The summed E-state index contributed by atoms with van der Waals surface area (Å²) in [5.74, 6) is -0.156. The molecule has 4 nitrogen and oxygen atoms in total. The molecule has 0 aromatic heterocycles. The molecule has 0 unspecified atom stereocenters. The monoisotopic (exact) mass is 226 g/mol. The molecule has 0 spiro atoms. The van der Waals surface area contributed by atoms with Crippen LogP contribution >= 0.6 is 11.8 Å². The highest BCUT2D eigenvalue weighted by Crippen LogP contribution is 2.30. The van der Waals surface area contributed by atoms with Gasteiger partial charge in [-0.05, 0) is 18.8 Å². The molecule has 0 saturated carbocycles. The van der Waals surface area contributed by atoms with Crippen molar-refractivity contribution in [2.75, 3.05) is 19.7 Å². The molecular formula is C10H14N2O2S. The summed E-state index contributed by atoms with van der Waals surface area (Å²) in [5.41, 5.74) is 1.02. The van der Waals surface area contributed by atoms with Crippen LogP contribution < -0.4 is 0 Å². The van der Waals surface area contributed by atoms with Crippen molar-refractivity contribution in [3.8, 4) is 0 Å². The lowest BCUT2D eigenvalue weighted by Gasteiger charge is -2.24. The zero-order valence-electron chi connectivity index (χ0n) is 8.73. The van der Waals surface area contributed by atoms with E-state index < -0.39 is 0 Å². The summed E-state index contributed by atoms with van der Waals surface area (Å²) in [6, 6.07) is 0. The quantitative estimate of drug-likeness (QED) is 0.685. The van der Waals surface area contributed by atoms with Gasteiger partial charge in [0.05, 0.1) is 13.0 Å². The lowest BCUT2D eigenvalue weighted by Crippen LogP contribution is -2.30. The molecule has 2 aliphatic rings. The number of thioether (sulfide) groups is 1. The number of amidine groups is 1. The van der Waals surface area contributed by atoms with Crippen LogP contribution in [0, 0.1) is 0 Å². The molecule has 0 aliphatic carbocycles. The van der Waals surface area contributed by atoms with E-state index in [2.05, 4.69) is 9.89 Å². The van der Waals surface area contributed by atoms with Gasteiger partial charge in [0.2, 0.25) is 0 Å². The summed E-state index contributed by atoms with van der Waals surface area (Å²) >= 11 is 1.60. The Morgan fingerprint density at radius 1 is 1.73 bits per heavy atom. The molecule has 0 atom stereocenters. The Bertz CT molecular complexity index is 325. The van der Waals surface area contributed by atoms with Crippen molar-refractivity contribution in [1.29, 1.82) is 0 Å². The Balaban J connectivity index is 1.96. The van der Waals surface area contributed by atoms with Crippen LogP contribution in [0.1, 0.15) is 19.8 Å². The van der Waals surface area contributed by atoms with Crippen molar-refractivity contribution in [3.63, 3.8) is 0 Å². The largest absolute Gasteiger partial charge is 0.466 e. The van der Waals surface area contributed by atoms with Crippen molar-refractivity contribution < 1.29 is 9.53 Å². The van der Waals surface area contributed by atoms with E-state index in [1.54, 1.807) is 11.8 Å². The normalized spacial score (nSPS) is 19.4. The minimum absolute atomic E-state index is 0.156. The Morgan fingerprint density at radius 2 is 2.60 bits per heavy atom. The summed E-state index contributed by atoms with van der Waals surface area (Å²) in [6.45, 7) is 4.14. The third-order valence-electron chi connectivity index (χ3n) is 2.30. The van der Waals surface area contributed by atoms with Crippen molar-refractivity contribution >= 4 is 22.9 Å². The molecule has 2 rings (SSSR count). The molecule has 0 fully saturated rings. The van der Waals surface area contributed by atoms with Gasteiger partial charge in [0.25, 0.3) is 0 Å². The van der Waals surface area contributed by atoms with Crippen LogP contribution in [0.4, 0.5) is 0 Å². The van der Waals surface area contributed by atoms with Crippen molar-refractivity contribution in [3.05, 3.63) is 11.1 Å². The van der Waals surface area contributed by atoms with Crippen molar-refractivity contribution in [2.24, 2.45) is 4.99 Å². The average Bonchev–Trinajstić information content (AvgIpc) is 2.62. The van der Waals surface area contributed by atoms with Gasteiger partial charge in [0.1, 0.15) is 0 Å². The highest BCUT2D eigenvalue weighted by molar-refractivity contribution is 8.16. The molecule has 15 heavy (non-hydrogen) atoms. The fraction of sp³-hybridized carbons (Fsp3) is 0.600. The number of carbonyl (C=O) groups excluding carboxylic acids is 1. The number of esters is 1. The molecule has 0 saturated heterocycles. The molecule has 2 aliphatic heterocycles. The van der Waals surface area contributed by atoms with E-state index >= 15 is 0 Å². The third-order valence-corrected chi connectivity index (χ3v) is 3.25. The van der Waals surface area contributed by atoms with Crippen LogP contribution in [0.5, 0.6) is 0 Å². The Hall–Kier alpha value is -0.970. The van der Waals surface area contributed by atoms with Crippen molar-refractivity contribution in [1.82, 2.24) is 4.90 Å². The zero-order chi connectivity index (χ0) is 10.7. The maximum Gasteiger partial charge on any atom is 0.311 e. The van der Waals surface area contributed by atoms with Crippen LogP contribution in [0.15, 0.2) is 16.1 Å². The van der Waals surface area contributed by atoms with E-state index in [0.717, 1.165) is 30.4 Å². The number of aliphatic imine (C=N–C) groups is 1. The topological polar surface area (TPSA) is 41.9 Å². The fourth-order valence-electron chi connectivity index (χ4n) is 1.63. The highest BCUT2D eigenvalue weighted by atomic mass is 32.2. The molecule has 0 amide bonds. The first-order chi connectivity index (χ1) is 7.31. The van der Waals surface area contributed by atoms with Gasteiger partial charge in [0.15, 0.2) is 5.17 Å². The van der Waals surface area contributed by atoms with Gasteiger partial charge in [-0.3, -0.25) is 9.79 Å². The molecule has 0 aromatic carbocycles. The number of carbonyl (C=O) groups is 1. The second kappa shape index (κ2) is 4.70. The summed E-state index contributed by atoms with van der Waals surface area (Å²) in [7, 11) is 0. The zero-order valence-corrected chi connectivity index (χ0v) is 9.55. The minimum atomic E-state index is -0.156. The molecule has 5 heteroatoms. The van der Waals surface area contributed by atoms with Gasteiger partial charge in [-0.15, -0.1) is 0 Å². The standard InChI is InChI=1S/C10H14N2O2S/c1-2-14-9(13)6-8-7-15-10-11-4-3-5-12(8)10/h7H,2-6H2,1H3. The molecule has 0 bridgehead atoms. The van der Waals surface area contributed by atoms with E-state index in [1.807, 2.05) is 12.3 Å². The summed E-state index contributed by atoms with van der Waals surface area (Å²) in [4.78, 5) is 17.8. The van der Waals surface area contributed by atoms with E-state index in [4.69, 9.17) is 4.74 Å². The predicted molar refractivity (Wildman–Crippen MR) is 60.5 cm³/mol. The molecule has 0 radical (unpaired) electrons. The Labute approximate surface area is 93.4 Å². The second-order valence-corrected chi connectivity index (χ2v) is 4.21. The number of rotatable bonds is 3. The van der Waals surface area contributed by atoms with Gasteiger partial charge in [0, 0.05) is 18.8 Å². The van der Waals surface area contributed by atoms with E-state index in [0.29, 0.717) is 13.0 Å². The number of ether oxygens (including phenoxy) is 1. The third kappa shape index (κ3) is 2.34. The van der Waals surface area contributed by atoms with Crippen LogP contribution in [-0.2, 0) is 9.53 Å². The van der Waals surface area contributed by atoms with Crippen LogP contribution in [-0.4, -0.2) is 35.7 Å². The van der Waals surface area contributed by atoms with Crippen LogP contribution in [0.3, 0.4) is 0 Å². The van der Waals surface area contributed by atoms with Gasteiger partial charge in [-0.1, -0.05) is 11.8 Å². The molecule has 0 aromatic rings. The van der Waals surface area contributed by atoms with E-state index in [1.165, 1.54) is 0 Å². The smallest absolute Gasteiger partial charge is 0.311 e. The number of fused-ring (bicyclic) bond motifs is 1. The Kier molecular flexibility index (Phi) is 3.30. The van der Waals surface area contributed by atoms with Crippen molar-refractivity contribution in [2.45, 2.75) is 19.8 Å². The summed E-state index contributed by atoms with van der Waals surface area (Å²) < 4.78 is 4.93. The summed E-state index contributed by atoms with van der Waals surface area (Å²) in [5, 5.41) is 3.03. The number of hydrogen-bond donors (Lipinski definition) is 0. The van der Waals surface area contributed by atoms with E-state index in [-0.39, 0.29) is 5.97 Å². The summed E-state index contributed by atoms with van der Waals surface area (Å²) in [6.07, 6.45) is 1.42.